The molecule has 3 amide bonds. The number of benzene rings is 2. The molecule has 2 aromatic rings. The first-order valence-electron chi connectivity index (χ1n) is 8.05. The lowest BCUT2D eigenvalue weighted by Crippen LogP contribution is -2.36. The van der Waals surface area contributed by atoms with Crippen LogP contribution >= 0.6 is 0 Å². The fourth-order valence-electron chi connectivity index (χ4n) is 2.34. The molecule has 2 aromatic carbocycles. The molecule has 25 heavy (non-hydrogen) atoms. The van der Waals surface area contributed by atoms with E-state index in [2.05, 4.69) is 16.0 Å². The Labute approximate surface area is 147 Å². The van der Waals surface area contributed by atoms with Crippen molar-refractivity contribution in [1.29, 1.82) is 0 Å². The molecular formula is C19H23N3O3. The Morgan fingerprint density at radius 3 is 2.56 bits per heavy atom. The Morgan fingerprint density at radius 1 is 1.08 bits per heavy atom. The molecule has 1 atom stereocenters. The molecule has 0 aliphatic carbocycles. The number of hydrogen-bond acceptors (Lipinski definition) is 3. The molecule has 0 fully saturated rings. The molecule has 0 aliphatic rings. The Morgan fingerprint density at radius 2 is 1.84 bits per heavy atom. The summed E-state index contributed by atoms with van der Waals surface area (Å²) in [6.45, 7) is 2.30. The van der Waals surface area contributed by atoms with Crippen LogP contribution in [0.15, 0.2) is 54.6 Å². The quantitative estimate of drug-likeness (QED) is 0.724. The summed E-state index contributed by atoms with van der Waals surface area (Å²) >= 11 is 0. The van der Waals surface area contributed by atoms with Crippen molar-refractivity contribution in [2.24, 2.45) is 0 Å². The predicted molar refractivity (Wildman–Crippen MR) is 97.2 cm³/mol. The van der Waals surface area contributed by atoms with Gasteiger partial charge in [-0.2, -0.15) is 0 Å². The van der Waals surface area contributed by atoms with Crippen LogP contribution in [0.5, 0.6) is 0 Å². The first-order valence-corrected chi connectivity index (χ1v) is 8.05. The highest BCUT2D eigenvalue weighted by molar-refractivity contribution is 5.91. The van der Waals surface area contributed by atoms with Gasteiger partial charge in [0.05, 0.1) is 6.04 Å². The van der Waals surface area contributed by atoms with Crippen molar-refractivity contribution < 1.29 is 14.3 Å². The highest BCUT2D eigenvalue weighted by Crippen LogP contribution is 2.12. The van der Waals surface area contributed by atoms with Crippen LogP contribution in [0.3, 0.4) is 0 Å². The third-order valence-electron chi connectivity index (χ3n) is 3.59. The van der Waals surface area contributed by atoms with E-state index in [1.54, 1.807) is 6.07 Å². The maximum absolute atomic E-state index is 12.0. The Hall–Kier alpha value is -2.86. The van der Waals surface area contributed by atoms with Gasteiger partial charge >= 0.3 is 6.03 Å². The molecule has 6 heteroatoms. The number of rotatable bonds is 7. The van der Waals surface area contributed by atoms with E-state index >= 15 is 0 Å². The minimum absolute atomic E-state index is 0.00224. The molecular weight excluding hydrogens is 318 g/mol. The topological polar surface area (TPSA) is 79.5 Å². The van der Waals surface area contributed by atoms with Crippen molar-refractivity contribution in [1.82, 2.24) is 10.6 Å². The first kappa shape index (κ1) is 18.5. The van der Waals surface area contributed by atoms with Crippen molar-refractivity contribution in [2.45, 2.75) is 19.5 Å². The summed E-state index contributed by atoms with van der Waals surface area (Å²) in [5.74, 6) is -0.220. The van der Waals surface area contributed by atoms with Crippen LogP contribution in [0.1, 0.15) is 24.1 Å². The average Bonchev–Trinajstić information content (AvgIpc) is 2.61. The number of ether oxygens (including phenoxy) is 1. The molecule has 6 nitrogen and oxygen atoms in total. The lowest BCUT2D eigenvalue weighted by atomic mass is 10.1. The smallest absolute Gasteiger partial charge is 0.315 e. The van der Waals surface area contributed by atoms with Gasteiger partial charge in [0, 0.05) is 19.3 Å². The molecule has 0 spiro atoms. The van der Waals surface area contributed by atoms with Crippen LogP contribution in [0, 0.1) is 0 Å². The van der Waals surface area contributed by atoms with Gasteiger partial charge in [-0.1, -0.05) is 42.5 Å². The van der Waals surface area contributed by atoms with Crippen LogP contribution < -0.4 is 16.0 Å². The molecule has 0 aliphatic heterocycles. The predicted octanol–water partition coefficient (Wildman–Crippen LogP) is 2.83. The summed E-state index contributed by atoms with van der Waals surface area (Å²) in [6.07, 6.45) is 0. The minimum atomic E-state index is -0.245. The van der Waals surface area contributed by atoms with Gasteiger partial charge in [-0.25, -0.2) is 4.79 Å². The zero-order chi connectivity index (χ0) is 18.1. The SMILES string of the molecule is COCC(=O)Nc1cccc(CNC(=O)N[C@@H](C)c2ccccc2)c1. The van der Waals surface area contributed by atoms with E-state index in [-0.39, 0.29) is 24.6 Å². The zero-order valence-corrected chi connectivity index (χ0v) is 14.4. The van der Waals surface area contributed by atoms with Gasteiger partial charge in [0.15, 0.2) is 0 Å². The number of nitrogens with one attached hydrogen (secondary N) is 3. The Kier molecular flexibility index (Phi) is 6.98. The summed E-state index contributed by atoms with van der Waals surface area (Å²) in [5.41, 5.74) is 2.60. The maximum Gasteiger partial charge on any atom is 0.315 e. The summed E-state index contributed by atoms with van der Waals surface area (Å²) in [7, 11) is 1.47. The fraction of sp³-hybridized carbons (Fsp3) is 0.263. The molecule has 0 unspecified atom stereocenters. The highest BCUT2D eigenvalue weighted by atomic mass is 16.5. The standard InChI is InChI=1S/C19H23N3O3/c1-14(16-8-4-3-5-9-16)21-19(24)20-12-15-7-6-10-17(11-15)22-18(23)13-25-2/h3-11,14H,12-13H2,1-2H3,(H,22,23)(H2,20,21,24)/t14-/m0/s1. The van der Waals surface area contributed by atoms with Crippen molar-refractivity contribution in [2.75, 3.05) is 19.0 Å². The molecule has 0 saturated carbocycles. The number of methoxy groups -OCH3 is 1. The van der Waals surface area contributed by atoms with Gasteiger partial charge in [0.1, 0.15) is 6.61 Å². The third-order valence-corrected chi connectivity index (χ3v) is 3.59. The molecule has 0 bridgehead atoms. The van der Waals surface area contributed by atoms with E-state index in [1.165, 1.54) is 7.11 Å². The van der Waals surface area contributed by atoms with Crippen LogP contribution in [-0.4, -0.2) is 25.7 Å². The molecule has 3 N–H and O–H groups in total. The highest BCUT2D eigenvalue weighted by Gasteiger charge is 2.09. The van der Waals surface area contributed by atoms with E-state index in [1.807, 2.05) is 55.5 Å². The van der Waals surface area contributed by atoms with Crippen LogP contribution in [0.4, 0.5) is 10.5 Å². The second kappa shape index (κ2) is 9.44. The van der Waals surface area contributed by atoms with Crippen molar-refractivity contribution in [3.8, 4) is 0 Å². The summed E-state index contributed by atoms with van der Waals surface area (Å²) in [4.78, 5) is 23.6. The molecule has 0 saturated heterocycles. The van der Waals surface area contributed by atoms with E-state index < -0.39 is 0 Å². The first-order chi connectivity index (χ1) is 12.1. The second-order valence-corrected chi connectivity index (χ2v) is 5.64. The summed E-state index contributed by atoms with van der Waals surface area (Å²) in [6, 6.07) is 16.7. The second-order valence-electron chi connectivity index (χ2n) is 5.64. The van der Waals surface area contributed by atoms with Gasteiger partial charge in [0.25, 0.3) is 0 Å². The number of carbonyl (C=O) groups is 2. The van der Waals surface area contributed by atoms with E-state index in [9.17, 15) is 9.59 Å². The van der Waals surface area contributed by atoms with Crippen LogP contribution in [-0.2, 0) is 16.1 Å². The lowest BCUT2D eigenvalue weighted by molar-refractivity contribution is -0.119. The molecule has 0 heterocycles. The number of carbonyl (C=O) groups excluding carboxylic acids is 2. The van der Waals surface area contributed by atoms with Crippen LogP contribution in [0.25, 0.3) is 0 Å². The zero-order valence-electron chi connectivity index (χ0n) is 14.4. The van der Waals surface area contributed by atoms with Gasteiger partial charge in [-0.3, -0.25) is 4.79 Å². The largest absolute Gasteiger partial charge is 0.375 e. The molecule has 132 valence electrons. The number of urea groups is 1. The normalized spacial score (nSPS) is 11.4. The number of hydrogen-bond donors (Lipinski definition) is 3. The van der Waals surface area contributed by atoms with E-state index in [0.29, 0.717) is 12.2 Å². The van der Waals surface area contributed by atoms with Crippen LogP contribution in [0.2, 0.25) is 0 Å². The summed E-state index contributed by atoms with van der Waals surface area (Å²) in [5, 5.41) is 8.44. The third kappa shape index (κ3) is 6.27. The number of anilines is 1. The molecule has 0 radical (unpaired) electrons. The molecule has 2 rings (SSSR count). The fourth-order valence-corrected chi connectivity index (χ4v) is 2.34. The molecule has 0 aromatic heterocycles. The van der Waals surface area contributed by atoms with E-state index in [0.717, 1.165) is 11.1 Å². The lowest BCUT2D eigenvalue weighted by Gasteiger charge is -2.15. The van der Waals surface area contributed by atoms with Crippen molar-refractivity contribution >= 4 is 17.6 Å². The summed E-state index contributed by atoms with van der Waals surface area (Å²) < 4.78 is 4.78. The number of amides is 3. The van der Waals surface area contributed by atoms with Crippen molar-refractivity contribution in [3.05, 3.63) is 65.7 Å². The monoisotopic (exact) mass is 341 g/mol. The van der Waals surface area contributed by atoms with Crippen molar-refractivity contribution in [3.63, 3.8) is 0 Å². The Bertz CT molecular complexity index is 704. The average molecular weight is 341 g/mol. The minimum Gasteiger partial charge on any atom is -0.375 e. The van der Waals surface area contributed by atoms with Gasteiger partial charge in [-0.05, 0) is 30.2 Å². The van der Waals surface area contributed by atoms with Gasteiger partial charge in [-0.15, -0.1) is 0 Å². The maximum atomic E-state index is 12.0. The van der Waals surface area contributed by atoms with Gasteiger partial charge < -0.3 is 20.7 Å². The van der Waals surface area contributed by atoms with E-state index in [4.69, 9.17) is 4.74 Å². The van der Waals surface area contributed by atoms with Gasteiger partial charge in [0.2, 0.25) is 5.91 Å². The Balaban J connectivity index is 1.84.